The average Bonchev–Trinajstić information content (AvgIpc) is 3.07. The van der Waals surface area contributed by atoms with Gasteiger partial charge in [0.05, 0.1) is 23.2 Å². The number of nitrogens with one attached hydrogen (secondary N) is 1. The van der Waals surface area contributed by atoms with Crippen molar-refractivity contribution in [1.82, 2.24) is 30.5 Å². The summed E-state index contributed by atoms with van der Waals surface area (Å²) in [6.07, 6.45) is 4.90. The molecule has 0 saturated heterocycles. The maximum atomic E-state index is 12.6. The topological polar surface area (TPSA) is 85.6 Å². The lowest BCUT2D eigenvalue weighted by Crippen LogP contribution is -2.30. The predicted octanol–water partition coefficient (Wildman–Crippen LogP) is 1.97. The third-order valence-corrected chi connectivity index (χ3v) is 5.34. The van der Waals surface area contributed by atoms with Crippen molar-refractivity contribution in [2.75, 3.05) is 0 Å². The van der Waals surface area contributed by atoms with Crippen LogP contribution < -0.4 is 5.32 Å². The van der Waals surface area contributed by atoms with Gasteiger partial charge in [0, 0.05) is 11.4 Å². The molecule has 8 heteroatoms. The number of carbonyl (C=O) groups is 1. The van der Waals surface area contributed by atoms with Crippen LogP contribution in [0.5, 0.6) is 0 Å². The second kappa shape index (κ2) is 7.16. The monoisotopic (exact) mass is 334 g/mol. The molecule has 0 fully saturated rings. The number of fused-ring (bicyclic) bond motifs is 1. The van der Waals surface area contributed by atoms with Crippen molar-refractivity contribution in [2.24, 2.45) is 0 Å². The highest BCUT2D eigenvalue weighted by molar-refractivity contribution is 7.11. The van der Waals surface area contributed by atoms with Gasteiger partial charge in [0.2, 0.25) is 5.91 Å². The van der Waals surface area contributed by atoms with Crippen LogP contribution in [-0.4, -0.2) is 31.1 Å². The van der Waals surface area contributed by atoms with E-state index in [1.54, 1.807) is 16.0 Å². The minimum absolute atomic E-state index is 0.00721. The Hall–Kier alpha value is -1.83. The number of aryl methyl sites for hydroxylation is 3. The molecule has 23 heavy (non-hydrogen) atoms. The summed E-state index contributed by atoms with van der Waals surface area (Å²) >= 11 is 1.69. The van der Waals surface area contributed by atoms with Gasteiger partial charge in [0.1, 0.15) is 0 Å². The smallest absolute Gasteiger partial charge is 0.231 e. The molecule has 3 heterocycles. The molecule has 1 N–H and O–H groups in total. The van der Waals surface area contributed by atoms with Gasteiger partial charge in [0.15, 0.2) is 5.82 Å². The summed E-state index contributed by atoms with van der Waals surface area (Å²) < 4.78 is 1.76. The number of hydrogen-bond acceptors (Lipinski definition) is 6. The number of carbonyl (C=O) groups excluding carboxylic acids is 1. The molecular weight excluding hydrogens is 312 g/mol. The van der Waals surface area contributed by atoms with E-state index in [0.717, 1.165) is 54.2 Å². The van der Waals surface area contributed by atoms with Gasteiger partial charge >= 0.3 is 0 Å². The molecule has 1 aliphatic rings. The van der Waals surface area contributed by atoms with E-state index in [1.165, 1.54) is 0 Å². The largest absolute Gasteiger partial charge is 0.351 e. The van der Waals surface area contributed by atoms with Crippen molar-refractivity contribution in [3.05, 3.63) is 21.4 Å². The first-order valence-electron chi connectivity index (χ1n) is 8.18. The van der Waals surface area contributed by atoms with E-state index >= 15 is 0 Å². The standard InChI is InChI=1S/C15H22N6OS/c1-3-6-13-17-10(2)12(23-13)9-16-15(22)11-7-4-5-8-21-14(11)18-19-20-21/h11H,3-9H2,1-2H3,(H,16,22). The zero-order valence-corrected chi connectivity index (χ0v) is 14.4. The molecule has 7 nitrogen and oxygen atoms in total. The SMILES string of the molecule is CCCc1nc(C)c(CNC(=O)C2CCCCn3nnnc32)s1. The van der Waals surface area contributed by atoms with Crippen molar-refractivity contribution in [1.29, 1.82) is 0 Å². The molecule has 0 bridgehead atoms. The molecule has 1 atom stereocenters. The number of nitrogens with zero attached hydrogens (tertiary/aromatic N) is 5. The summed E-state index contributed by atoms with van der Waals surface area (Å²) in [7, 11) is 0. The van der Waals surface area contributed by atoms with Crippen LogP contribution >= 0.6 is 11.3 Å². The van der Waals surface area contributed by atoms with Gasteiger partial charge in [-0.3, -0.25) is 4.79 Å². The van der Waals surface area contributed by atoms with E-state index in [0.29, 0.717) is 12.4 Å². The Morgan fingerprint density at radius 3 is 3.13 bits per heavy atom. The lowest BCUT2D eigenvalue weighted by atomic mass is 10.0. The fraction of sp³-hybridized carbons (Fsp3) is 0.667. The average molecular weight is 334 g/mol. The van der Waals surface area contributed by atoms with E-state index in [-0.39, 0.29) is 11.8 Å². The molecule has 124 valence electrons. The van der Waals surface area contributed by atoms with Crippen molar-refractivity contribution in [2.45, 2.75) is 65.0 Å². The first kappa shape index (κ1) is 16.0. The fourth-order valence-corrected chi connectivity index (χ4v) is 3.98. The summed E-state index contributed by atoms with van der Waals surface area (Å²) in [5, 5.41) is 15.9. The van der Waals surface area contributed by atoms with Crippen LogP contribution in [0.3, 0.4) is 0 Å². The van der Waals surface area contributed by atoms with Gasteiger partial charge in [-0.2, -0.15) is 0 Å². The number of tetrazole rings is 1. The van der Waals surface area contributed by atoms with Crippen molar-refractivity contribution in [3.63, 3.8) is 0 Å². The summed E-state index contributed by atoms with van der Waals surface area (Å²) in [4.78, 5) is 18.3. The molecular formula is C15H22N6OS. The second-order valence-electron chi connectivity index (χ2n) is 5.89. The Kier molecular flexibility index (Phi) is 5.00. The number of aromatic nitrogens is 5. The quantitative estimate of drug-likeness (QED) is 0.903. The number of hydrogen-bond donors (Lipinski definition) is 1. The highest BCUT2D eigenvalue weighted by atomic mass is 32.1. The molecule has 0 aromatic carbocycles. The third kappa shape index (κ3) is 3.57. The summed E-state index contributed by atoms with van der Waals surface area (Å²) in [5.74, 6) is 0.441. The number of rotatable bonds is 5. The molecule has 1 aliphatic heterocycles. The molecule has 1 amide bonds. The van der Waals surface area contributed by atoms with Gasteiger partial charge in [-0.15, -0.1) is 16.4 Å². The Labute approximate surface area is 139 Å². The number of amides is 1. The van der Waals surface area contributed by atoms with E-state index in [9.17, 15) is 4.79 Å². The molecule has 0 aliphatic carbocycles. The third-order valence-electron chi connectivity index (χ3n) is 4.12. The van der Waals surface area contributed by atoms with E-state index < -0.39 is 0 Å². The minimum atomic E-state index is -0.254. The van der Waals surface area contributed by atoms with Gasteiger partial charge in [-0.05, 0) is 43.0 Å². The molecule has 2 aromatic rings. The van der Waals surface area contributed by atoms with Crippen LogP contribution in [0.25, 0.3) is 0 Å². The van der Waals surface area contributed by atoms with Crippen molar-refractivity contribution >= 4 is 17.2 Å². The minimum Gasteiger partial charge on any atom is -0.351 e. The highest BCUT2D eigenvalue weighted by Gasteiger charge is 2.28. The van der Waals surface area contributed by atoms with Gasteiger partial charge in [0.25, 0.3) is 0 Å². The fourth-order valence-electron chi connectivity index (χ4n) is 2.87. The molecule has 0 saturated carbocycles. The summed E-state index contributed by atoms with van der Waals surface area (Å²) in [6, 6.07) is 0. The Balaban J connectivity index is 1.66. The first-order valence-corrected chi connectivity index (χ1v) is 8.99. The molecule has 2 aromatic heterocycles. The maximum absolute atomic E-state index is 12.6. The van der Waals surface area contributed by atoms with Crippen LogP contribution in [0, 0.1) is 6.92 Å². The van der Waals surface area contributed by atoms with Crippen molar-refractivity contribution < 1.29 is 4.79 Å². The van der Waals surface area contributed by atoms with Gasteiger partial charge in [-0.25, -0.2) is 9.67 Å². The summed E-state index contributed by atoms with van der Waals surface area (Å²) in [5.41, 5.74) is 1.02. The molecule has 0 spiro atoms. The number of thiazole rings is 1. The lowest BCUT2D eigenvalue weighted by Gasteiger charge is -2.13. The van der Waals surface area contributed by atoms with Crippen LogP contribution in [-0.2, 0) is 24.3 Å². The highest BCUT2D eigenvalue weighted by Crippen LogP contribution is 2.25. The molecule has 3 rings (SSSR count). The van der Waals surface area contributed by atoms with E-state index in [2.05, 4.69) is 32.7 Å². The van der Waals surface area contributed by atoms with Crippen LogP contribution in [0.4, 0.5) is 0 Å². The normalized spacial score (nSPS) is 17.6. The summed E-state index contributed by atoms with van der Waals surface area (Å²) in [6.45, 7) is 5.47. The maximum Gasteiger partial charge on any atom is 0.231 e. The second-order valence-corrected chi connectivity index (χ2v) is 7.06. The van der Waals surface area contributed by atoms with Gasteiger partial charge < -0.3 is 5.32 Å². The first-order chi connectivity index (χ1) is 11.2. The predicted molar refractivity (Wildman–Crippen MR) is 87.1 cm³/mol. The zero-order valence-electron chi connectivity index (χ0n) is 13.6. The zero-order chi connectivity index (χ0) is 16.2. The van der Waals surface area contributed by atoms with Gasteiger partial charge in [-0.1, -0.05) is 13.3 Å². The lowest BCUT2D eigenvalue weighted by molar-refractivity contribution is -0.123. The van der Waals surface area contributed by atoms with Crippen LogP contribution in [0.2, 0.25) is 0 Å². The van der Waals surface area contributed by atoms with Crippen LogP contribution in [0.1, 0.15) is 59.9 Å². The Morgan fingerprint density at radius 1 is 1.43 bits per heavy atom. The Morgan fingerprint density at radius 2 is 2.30 bits per heavy atom. The van der Waals surface area contributed by atoms with Crippen LogP contribution in [0.15, 0.2) is 0 Å². The molecule has 0 radical (unpaired) electrons. The molecule has 1 unspecified atom stereocenters. The van der Waals surface area contributed by atoms with E-state index in [4.69, 9.17) is 0 Å². The van der Waals surface area contributed by atoms with Crippen molar-refractivity contribution in [3.8, 4) is 0 Å². The van der Waals surface area contributed by atoms with E-state index in [1.807, 2.05) is 6.92 Å². The Bertz CT molecular complexity index is 679.